The molecule has 196 valence electrons. The maximum absolute atomic E-state index is 12.9. The van der Waals surface area contributed by atoms with Gasteiger partial charge in [0.25, 0.3) is 0 Å². The van der Waals surface area contributed by atoms with E-state index in [-0.39, 0.29) is 24.2 Å². The average molecular weight is 541 g/mol. The van der Waals surface area contributed by atoms with Crippen LogP contribution in [0.1, 0.15) is 57.5 Å². The third-order valence-electron chi connectivity index (χ3n) is 6.10. The summed E-state index contributed by atoms with van der Waals surface area (Å²) in [5.74, 6) is 1.03. The summed E-state index contributed by atoms with van der Waals surface area (Å²) in [4.78, 5) is 26.7. The van der Waals surface area contributed by atoms with Crippen LogP contribution in [-0.4, -0.2) is 39.0 Å². The van der Waals surface area contributed by atoms with Crippen LogP contribution in [0.2, 0.25) is 0 Å². The quantitative estimate of drug-likeness (QED) is 0.195. The minimum atomic E-state index is -0.371. The van der Waals surface area contributed by atoms with E-state index >= 15 is 0 Å². The topological polar surface area (TPSA) is 95.3 Å². The zero-order valence-corrected chi connectivity index (χ0v) is 23.1. The zero-order chi connectivity index (χ0) is 26.4. The summed E-state index contributed by atoms with van der Waals surface area (Å²) in [6.07, 6.45) is 5.65. The fourth-order valence-electron chi connectivity index (χ4n) is 4.37. The van der Waals surface area contributed by atoms with Gasteiger partial charge in [0, 0.05) is 11.4 Å². The molecule has 37 heavy (non-hydrogen) atoms. The van der Waals surface area contributed by atoms with Crippen molar-refractivity contribution >= 4 is 40.0 Å². The molecule has 8 nitrogen and oxygen atoms in total. The number of hydrogen-bond donors (Lipinski definition) is 1. The number of nitrogens with one attached hydrogen (secondary N) is 1. The second-order valence-electron chi connectivity index (χ2n) is 8.78. The molecule has 3 aromatic rings. The van der Waals surface area contributed by atoms with Gasteiger partial charge in [-0.15, -0.1) is 28.1 Å². The van der Waals surface area contributed by atoms with Gasteiger partial charge in [0.1, 0.15) is 17.4 Å². The van der Waals surface area contributed by atoms with Crippen molar-refractivity contribution in [1.29, 1.82) is 0 Å². The van der Waals surface area contributed by atoms with Crippen LogP contribution in [0.25, 0.3) is 0 Å². The lowest BCUT2D eigenvalue weighted by atomic mass is 9.95. The van der Waals surface area contributed by atoms with Crippen LogP contribution in [0.15, 0.2) is 36.0 Å². The van der Waals surface area contributed by atoms with Gasteiger partial charge in [-0.1, -0.05) is 36.0 Å². The summed E-state index contributed by atoms with van der Waals surface area (Å²) in [7, 11) is 0. The average Bonchev–Trinajstić information content (AvgIpc) is 3.43. The van der Waals surface area contributed by atoms with Gasteiger partial charge >= 0.3 is 5.97 Å². The number of aryl methyl sites for hydroxylation is 3. The first-order chi connectivity index (χ1) is 17.9. The first kappa shape index (κ1) is 26.9. The number of thiophene rings is 1. The monoisotopic (exact) mass is 540 g/mol. The molecule has 1 aromatic carbocycles. The number of ether oxygens (including phenoxy) is 2. The van der Waals surface area contributed by atoms with Gasteiger partial charge in [-0.25, -0.2) is 4.79 Å². The molecule has 0 saturated carbocycles. The van der Waals surface area contributed by atoms with Gasteiger partial charge < -0.3 is 14.8 Å². The van der Waals surface area contributed by atoms with E-state index in [1.54, 1.807) is 13.0 Å². The van der Waals surface area contributed by atoms with Crippen molar-refractivity contribution in [2.24, 2.45) is 0 Å². The molecule has 1 amide bonds. The molecule has 0 saturated heterocycles. The van der Waals surface area contributed by atoms with Crippen LogP contribution >= 0.6 is 23.1 Å². The molecular formula is C27H32N4O4S2. The van der Waals surface area contributed by atoms with E-state index in [2.05, 4.69) is 22.1 Å². The molecule has 1 aliphatic rings. The van der Waals surface area contributed by atoms with Crippen molar-refractivity contribution in [2.45, 2.75) is 64.8 Å². The summed E-state index contributed by atoms with van der Waals surface area (Å²) < 4.78 is 13.2. The Morgan fingerprint density at radius 3 is 2.70 bits per heavy atom. The Morgan fingerprint density at radius 1 is 1.22 bits per heavy atom. The van der Waals surface area contributed by atoms with Crippen molar-refractivity contribution in [3.05, 3.63) is 63.8 Å². The Labute approximate surface area is 225 Å². The molecule has 0 unspecified atom stereocenters. The third kappa shape index (κ3) is 6.24. The molecule has 0 atom stereocenters. The number of fused-ring (bicyclic) bond motifs is 1. The van der Waals surface area contributed by atoms with Crippen molar-refractivity contribution in [1.82, 2.24) is 14.8 Å². The summed E-state index contributed by atoms with van der Waals surface area (Å²) in [6, 6.07) is 6.01. The maximum atomic E-state index is 12.9. The molecule has 10 heteroatoms. The molecule has 1 aliphatic carbocycles. The number of hydrogen-bond acceptors (Lipinski definition) is 8. The van der Waals surface area contributed by atoms with Crippen molar-refractivity contribution < 1.29 is 19.1 Å². The minimum Gasteiger partial charge on any atom is -0.485 e. The number of carbonyl (C=O) groups excluding carboxylic acids is 2. The smallest absolute Gasteiger partial charge is 0.341 e. The van der Waals surface area contributed by atoms with Gasteiger partial charge in [-0.2, -0.15) is 0 Å². The standard InChI is InChI=1S/C27H32N4O4S2/c1-5-14-31-21(15-35-24-17(3)10-9-11-18(24)4)29-30-27(31)36-16-22(32)28-25-23(26(33)34-6-2)19-12-7-8-13-20(19)37-25/h5,9-11H,1,6-8,12-16H2,2-4H3,(H,28,32). The second-order valence-corrected chi connectivity index (χ2v) is 10.8. The predicted molar refractivity (Wildman–Crippen MR) is 147 cm³/mol. The van der Waals surface area contributed by atoms with Gasteiger partial charge in [0.05, 0.1) is 17.9 Å². The van der Waals surface area contributed by atoms with Crippen molar-refractivity contribution in [3.8, 4) is 5.75 Å². The second kappa shape index (κ2) is 12.4. The number of para-hydroxylation sites is 1. The number of aromatic nitrogens is 3. The van der Waals surface area contributed by atoms with E-state index in [1.807, 2.05) is 36.6 Å². The van der Waals surface area contributed by atoms with Gasteiger partial charge in [0.2, 0.25) is 5.91 Å². The Hall–Kier alpha value is -3.11. The van der Waals surface area contributed by atoms with E-state index in [9.17, 15) is 9.59 Å². The molecule has 0 radical (unpaired) electrons. The van der Waals surface area contributed by atoms with Crippen LogP contribution in [-0.2, 0) is 35.5 Å². The normalized spacial score (nSPS) is 12.6. The first-order valence-electron chi connectivity index (χ1n) is 12.4. The minimum absolute atomic E-state index is 0.123. The number of amides is 1. The van der Waals surface area contributed by atoms with E-state index in [1.165, 1.54) is 23.1 Å². The number of anilines is 1. The molecule has 0 fully saturated rings. The highest BCUT2D eigenvalue weighted by atomic mass is 32.2. The van der Waals surface area contributed by atoms with Crippen LogP contribution < -0.4 is 10.1 Å². The summed E-state index contributed by atoms with van der Waals surface area (Å²) >= 11 is 2.77. The lowest BCUT2D eigenvalue weighted by molar-refractivity contribution is -0.113. The summed E-state index contributed by atoms with van der Waals surface area (Å²) in [5, 5.41) is 12.7. The molecule has 0 aliphatic heterocycles. The van der Waals surface area contributed by atoms with E-state index in [0.717, 1.165) is 53.0 Å². The van der Waals surface area contributed by atoms with E-state index in [4.69, 9.17) is 9.47 Å². The Balaban J connectivity index is 1.44. The highest BCUT2D eigenvalue weighted by Crippen LogP contribution is 2.38. The third-order valence-corrected chi connectivity index (χ3v) is 8.27. The van der Waals surface area contributed by atoms with Gasteiger partial charge in [0.15, 0.2) is 11.0 Å². The maximum Gasteiger partial charge on any atom is 0.341 e. The fourth-order valence-corrected chi connectivity index (χ4v) is 6.43. The number of thioether (sulfide) groups is 1. The first-order valence-corrected chi connectivity index (χ1v) is 14.2. The largest absolute Gasteiger partial charge is 0.485 e. The molecule has 2 aromatic heterocycles. The molecular weight excluding hydrogens is 508 g/mol. The van der Waals surface area contributed by atoms with E-state index in [0.29, 0.717) is 34.7 Å². The molecule has 4 rings (SSSR count). The highest BCUT2D eigenvalue weighted by molar-refractivity contribution is 7.99. The highest BCUT2D eigenvalue weighted by Gasteiger charge is 2.27. The lowest BCUT2D eigenvalue weighted by Gasteiger charge is -2.13. The Bertz CT molecular complexity index is 1280. The molecule has 0 bridgehead atoms. The number of carbonyl (C=O) groups is 2. The summed E-state index contributed by atoms with van der Waals surface area (Å²) in [6.45, 7) is 10.7. The molecule has 2 heterocycles. The number of esters is 1. The Morgan fingerprint density at radius 2 is 1.97 bits per heavy atom. The zero-order valence-electron chi connectivity index (χ0n) is 21.5. The number of rotatable bonds is 11. The fraction of sp³-hybridized carbons (Fsp3) is 0.407. The lowest BCUT2D eigenvalue weighted by Crippen LogP contribution is -2.17. The number of benzene rings is 1. The van der Waals surface area contributed by atoms with Crippen molar-refractivity contribution in [3.63, 3.8) is 0 Å². The predicted octanol–water partition coefficient (Wildman–Crippen LogP) is 5.51. The van der Waals surface area contributed by atoms with Crippen LogP contribution in [0, 0.1) is 13.8 Å². The molecule has 1 N–H and O–H groups in total. The van der Waals surface area contributed by atoms with Gasteiger partial charge in [-0.3, -0.25) is 9.36 Å². The van der Waals surface area contributed by atoms with E-state index < -0.39 is 0 Å². The van der Waals surface area contributed by atoms with Crippen LogP contribution in [0.5, 0.6) is 5.75 Å². The summed E-state index contributed by atoms with van der Waals surface area (Å²) in [5.41, 5.74) is 3.65. The Kier molecular flexibility index (Phi) is 9.04. The molecule has 0 spiro atoms. The number of nitrogens with zero attached hydrogens (tertiary/aromatic N) is 3. The van der Waals surface area contributed by atoms with Crippen molar-refractivity contribution in [2.75, 3.05) is 17.7 Å². The van der Waals surface area contributed by atoms with Crippen LogP contribution in [0.3, 0.4) is 0 Å². The van der Waals surface area contributed by atoms with Crippen LogP contribution in [0.4, 0.5) is 5.00 Å². The SMILES string of the molecule is C=CCn1c(COc2c(C)cccc2C)nnc1SCC(=O)Nc1sc2c(c1C(=O)OCC)CCCC2. The number of allylic oxidation sites excluding steroid dienone is 1. The van der Waals surface area contributed by atoms with Gasteiger partial charge in [-0.05, 0) is 63.1 Å².